The molecule has 3 rings (SSSR count). The molecule has 0 aliphatic carbocycles. The predicted molar refractivity (Wildman–Crippen MR) is 87.8 cm³/mol. The second kappa shape index (κ2) is 6.50. The van der Waals surface area contributed by atoms with Gasteiger partial charge in [0.1, 0.15) is 12.3 Å². The summed E-state index contributed by atoms with van der Waals surface area (Å²) < 4.78 is 8.05. The van der Waals surface area contributed by atoms with Crippen LogP contribution in [-0.2, 0) is 22.6 Å². The number of ether oxygens (including phenoxy) is 1. The van der Waals surface area contributed by atoms with Gasteiger partial charge < -0.3 is 9.14 Å². The van der Waals surface area contributed by atoms with E-state index in [9.17, 15) is 4.79 Å². The van der Waals surface area contributed by atoms with E-state index < -0.39 is 0 Å². The number of esters is 1. The monoisotopic (exact) mass is 378 g/mol. The summed E-state index contributed by atoms with van der Waals surface area (Å²) in [6.45, 7) is 0.147. The van der Waals surface area contributed by atoms with Gasteiger partial charge in [-0.25, -0.2) is 4.98 Å². The molecule has 0 unspecified atom stereocenters. The first-order valence-electron chi connectivity index (χ1n) is 6.63. The minimum absolute atomic E-state index is 0.147. The average Bonchev–Trinajstić information content (AvgIpc) is 2.89. The molecule has 0 bridgehead atoms. The van der Waals surface area contributed by atoms with Gasteiger partial charge in [0.05, 0.1) is 17.1 Å². The lowest BCUT2D eigenvalue weighted by atomic mass is 10.2. The Balaban J connectivity index is 1.61. The van der Waals surface area contributed by atoms with Crippen molar-refractivity contribution in [1.29, 1.82) is 0 Å². The second-order valence-electron chi connectivity index (χ2n) is 4.81. The maximum atomic E-state index is 11.9. The van der Waals surface area contributed by atoms with Crippen LogP contribution in [0, 0.1) is 0 Å². The molecule has 2 aromatic heterocycles. The summed E-state index contributed by atoms with van der Waals surface area (Å²) in [5.74, 6) is -0.280. The molecule has 0 aliphatic heterocycles. The molecule has 3 aromatic rings. The SMILES string of the molecule is O=C(Cc1ccc(Br)cc1)OCc1cn2cc(Cl)ccc2n1. The minimum Gasteiger partial charge on any atom is -0.459 e. The summed E-state index contributed by atoms with van der Waals surface area (Å²) in [5, 5.41) is 0.628. The number of benzene rings is 1. The van der Waals surface area contributed by atoms with Crippen LogP contribution in [0.2, 0.25) is 5.02 Å². The molecule has 0 fully saturated rings. The van der Waals surface area contributed by atoms with Crippen molar-refractivity contribution in [1.82, 2.24) is 9.38 Å². The highest BCUT2D eigenvalue weighted by atomic mass is 79.9. The highest BCUT2D eigenvalue weighted by Crippen LogP contribution is 2.13. The molecule has 2 heterocycles. The number of nitrogens with zero attached hydrogens (tertiary/aromatic N) is 2. The highest BCUT2D eigenvalue weighted by Gasteiger charge is 2.08. The quantitative estimate of drug-likeness (QED) is 0.643. The average molecular weight is 380 g/mol. The molecule has 0 atom stereocenters. The molecular formula is C16H12BrClN2O2. The maximum Gasteiger partial charge on any atom is 0.310 e. The number of imidazole rings is 1. The van der Waals surface area contributed by atoms with Crippen molar-refractivity contribution in [2.75, 3.05) is 0 Å². The van der Waals surface area contributed by atoms with Gasteiger partial charge in [0.15, 0.2) is 0 Å². The van der Waals surface area contributed by atoms with Gasteiger partial charge in [0, 0.05) is 16.9 Å². The van der Waals surface area contributed by atoms with Gasteiger partial charge in [-0.1, -0.05) is 39.7 Å². The standard InChI is InChI=1S/C16H12BrClN2O2/c17-12-3-1-11(2-4-12)7-16(21)22-10-14-9-20-8-13(18)5-6-15(20)19-14/h1-6,8-9H,7,10H2. The second-order valence-corrected chi connectivity index (χ2v) is 6.16. The Bertz CT molecular complexity index is 815. The van der Waals surface area contributed by atoms with E-state index in [0.717, 1.165) is 15.7 Å². The number of halogens is 2. The molecular weight excluding hydrogens is 368 g/mol. The highest BCUT2D eigenvalue weighted by molar-refractivity contribution is 9.10. The van der Waals surface area contributed by atoms with E-state index in [4.69, 9.17) is 16.3 Å². The zero-order valence-electron chi connectivity index (χ0n) is 11.5. The summed E-state index contributed by atoms with van der Waals surface area (Å²) in [6.07, 6.45) is 3.80. The van der Waals surface area contributed by atoms with Crippen LogP contribution in [0.3, 0.4) is 0 Å². The van der Waals surface area contributed by atoms with E-state index in [1.807, 2.05) is 30.3 Å². The molecule has 6 heteroatoms. The lowest BCUT2D eigenvalue weighted by Crippen LogP contribution is -2.08. The fraction of sp³-hybridized carbons (Fsp3) is 0.125. The summed E-state index contributed by atoms with van der Waals surface area (Å²) in [7, 11) is 0. The Morgan fingerprint density at radius 2 is 1.95 bits per heavy atom. The normalized spacial score (nSPS) is 10.8. The molecule has 0 saturated heterocycles. The Hall–Kier alpha value is -1.85. The summed E-state index contributed by atoms with van der Waals surface area (Å²) in [4.78, 5) is 16.2. The fourth-order valence-electron chi connectivity index (χ4n) is 2.06. The smallest absolute Gasteiger partial charge is 0.310 e. The molecule has 0 radical (unpaired) electrons. The third-order valence-electron chi connectivity index (χ3n) is 3.11. The number of hydrogen-bond donors (Lipinski definition) is 0. The molecule has 22 heavy (non-hydrogen) atoms. The van der Waals surface area contributed by atoms with Crippen molar-refractivity contribution in [3.63, 3.8) is 0 Å². The Morgan fingerprint density at radius 1 is 1.18 bits per heavy atom. The molecule has 112 valence electrons. The molecule has 0 N–H and O–H groups in total. The van der Waals surface area contributed by atoms with Gasteiger partial charge in [0.25, 0.3) is 0 Å². The fourth-order valence-corrected chi connectivity index (χ4v) is 2.49. The van der Waals surface area contributed by atoms with Crippen LogP contribution >= 0.6 is 27.5 Å². The van der Waals surface area contributed by atoms with E-state index in [1.54, 1.807) is 22.9 Å². The van der Waals surface area contributed by atoms with Crippen LogP contribution in [0.15, 0.2) is 53.3 Å². The maximum absolute atomic E-state index is 11.9. The van der Waals surface area contributed by atoms with Crippen LogP contribution < -0.4 is 0 Å². The van der Waals surface area contributed by atoms with Crippen molar-refractivity contribution in [2.45, 2.75) is 13.0 Å². The van der Waals surface area contributed by atoms with Gasteiger partial charge in [0.2, 0.25) is 0 Å². The van der Waals surface area contributed by atoms with E-state index in [1.165, 1.54) is 0 Å². The first-order valence-corrected chi connectivity index (χ1v) is 7.80. The third kappa shape index (κ3) is 3.67. The number of fused-ring (bicyclic) bond motifs is 1. The molecule has 0 spiro atoms. The van der Waals surface area contributed by atoms with Gasteiger partial charge in [-0.3, -0.25) is 4.79 Å². The molecule has 1 aromatic carbocycles. The molecule has 0 amide bonds. The Kier molecular flexibility index (Phi) is 4.45. The van der Waals surface area contributed by atoms with E-state index in [-0.39, 0.29) is 19.0 Å². The van der Waals surface area contributed by atoms with Gasteiger partial charge in [-0.2, -0.15) is 0 Å². The van der Waals surface area contributed by atoms with Crippen molar-refractivity contribution in [3.8, 4) is 0 Å². The summed E-state index contributed by atoms with van der Waals surface area (Å²) in [5.41, 5.74) is 2.37. The first-order chi connectivity index (χ1) is 10.6. The van der Waals surface area contributed by atoms with Crippen LogP contribution in [0.1, 0.15) is 11.3 Å². The van der Waals surface area contributed by atoms with Gasteiger partial charge in [-0.15, -0.1) is 0 Å². The van der Waals surface area contributed by atoms with Gasteiger partial charge in [-0.05, 0) is 29.8 Å². The first kappa shape index (κ1) is 15.1. The largest absolute Gasteiger partial charge is 0.459 e. The van der Waals surface area contributed by atoms with Crippen LogP contribution in [0.5, 0.6) is 0 Å². The number of pyridine rings is 1. The van der Waals surface area contributed by atoms with E-state index >= 15 is 0 Å². The van der Waals surface area contributed by atoms with Crippen LogP contribution in [-0.4, -0.2) is 15.4 Å². The lowest BCUT2D eigenvalue weighted by Gasteiger charge is -2.03. The van der Waals surface area contributed by atoms with Crippen LogP contribution in [0.25, 0.3) is 5.65 Å². The lowest BCUT2D eigenvalue weighted by molar-refractivity contribution is -0.144. The topological polar surface area (TPSA) is 43.6 Å². The number of carbonyl (C=O) groups is 1. The number of hydrogen-bond acceptors (Lipinski definition) is 3. The molecule has 0 aliphatic rings. The zero-order valence-corrected chi connectivity index (χ0v) is 13.8. The van der Waals surface area contributed by atoms with E-state index in [0.29, 0.717) is 10.7 Å². The summed E-state index contributed by atoms with van der Waals surface area (Å²) >= 11 is 9.28. The molecule has 4 nitrogen and oxygen atoms in total. The predicted octanol–water partition coefficient (Wildman–Crippen LogP) is 4.04. The van der Waals surface area contributed by atoms with Crippen molar-refractivity contribution in [2.24, 2.45) is 0 Å². The van der Waals surface area contributed by atoms with Crippen molar-refractivity contribution in [3.05, 3.63) is 69.5 Å². The zero-order chi connectivity index (χ0) is 15.5. The number of carbonyl (C=O) groups excluding carboxylic acids is 1. The number of aromatic nitrogens is 2. The Morgan fingerprint density at radius 3 is 2.73 bits per heavy atom. The van der Waals surface area contributed by atoms with Gasteiger partial charge >= 0.3 is 5.97 Å². The Labute approximate surface area is 140 Å². The molecule has 0 saturated carbocycles. The third-order valence-corrected chi connectivity index (χ3v) is 3.86. The van der Waals surface area contributed by atoms with E-state index in [2.05, 4.69) is 20.9 Å². The minimum atomic E-state index is -0.280. The van der Waals surface area contributed by atoms with Crippen molar-refractivity contribution < 1.29 is 9.53 Å². The van der Waals surface area contributed by atoms with Crippen molar-refractivity contribution >= 4 is 39.1 Å². The number of rotatable bonds is 4. The summed E-state index contributed by atoms with van der Waals surface area (Å²) in [6, 6.07) is 11.2. The van der Waals surface area contributed by atoms with Crippen LogP contribution in [0.4, 0.5) is 0 Å².